The largest absolute Gasteiger partial charge is 0.423 e. The van der Waals surface area contributed by atoms with E-state index < -0.39 is 5.97 Å². The molecule has 0 atom stereocenters. The van der Waals surface area contributed by atoms with Gasteiger partial charge in [-0.1, -0.05) is 24.6 Å². The van der Waals surface area contributed by atoms with Gasteiger partial charge < -0.3 is 4.74 Å². The summed E-state index contributed by atoms with van der Waals surface area (Å²) >= 11 is 0. The molecule has 0 radical (unpaired) electrons. The molecule has 0 saturated heterocycles. The van der Waals surface area contributed by atoms with Crippen molar-refractivity contribution in [3.8, 4) is 5.75 Å². The van der Waals surface area contributed by atoms with Gasteiger partial charge in [0.05, 0.1) is 5.56 Å². The summed E-state index contributed by atoms with van der Waals surface area (Å²) in [6, 6.07) is 13.2. The van der Waals surface area contributed by atoms with E-state index >= 15 is 0 Å². The summed E-state index contributed by atoms with van der Waals surface area (Å²) in [5.74, 6) is 1.02. The Balaban J connectivity index is 1.52. The molecule has 3 heteroatoms. The number of hydrogen-bond donors (Lipinski definition) is 0. The quantitative estimate of drug-likeness (QED) is 0.237. The maximum atomic E-state index is 12.9. The Morgan fingerprint density at radius 1 is 1.04 bits per heavy atom. The van der Waals surface area contributed by atoms with Gasteiger partial charge in [-0.05, 0) is 92.3 Å². The van der Waals surface area contributed by atoms with Crippen LogP contribution in [0.1, 0.15) is 66.8 Å². The van der Waals surface area contributed by atoms with Crippen LogP contribution in [0, 0.1) is 11.7 Å². The van der Waals surface area contributed by atoms with Crippen molar-refractivity contribution >= 4 is 5.97 Å². The first-order valence-corrected chi connectivity index (χ1v) is 9.84. The van der Waals surface area contributed by atoms with Crippen LogP contribution in [-0.4, -0.2) is 5.97 Å². The minimum absolute atomic E-state index is 0.347. The van der Waals surface area contributed by atoms with E-state index in [9.17, 15) is 9.18 Å². The number of unbranched alkanes of at least 4 members (excludes halogenated alkanes) is 1. The lowest BCUT2D eigenvalue weighted by Crippen LogP contribution is -2.14. The highest BCUT2D eigenvalue weighted by molar-refractivity contribution is 5.91. The summed E-state index contributed by atoms with van der Waals surface area (Å²) in [6.45, 7) is 3.79. The molecule has 0 aliphatic heterocycles. The van der Waals surface area contributed by atoms with Crippen LogP contribution in [-0.2, 0) is 0 Å². The third kappa shape index (κ3) is 5.53. The summed E-state index contributed by atoms with van der Waals surface area (Å²) in [6.07, 6.45) is 10.7. The topological polar surface area (TPSA) is 26.3 Å². The highest BCUT2D eigenvalue weighted by Gasteiger charge is 2.22. The Labute approximate surface area is 161 Å². The second-order valence-electron chi connectivity index (χ2n) is 7.40. The zero-order chi connectivity index (χ0) is 19.1. The molecule has 0 bridgehead atoms. The first-order chi connectivity index (χ1) is 13.2. The van der Waals surface area contributed by atoms with Crippen LogP contribution >= 0.6 is 0 Å². The first-order valence-electron chi connectivity index (χ1n) is 9.84. The molecule has 1 aliphatic rings. The second kappa shape index (κ2) is 9.50. The van der Waals surface area contributed by atoms with Gasteiger partial charge in [0, 0.05) is 0 Å². The van der Waals surface area contributed by atoms with E-state index in [1.807, 2.05) is 30.3 Å². The minimum atomic E-state index is -0.418. The molecule has 2 nitrogen and oxygen atoms in total. The van der Waals surface area contributed by atoms with Gasteiger partial charge in [-0.25, -0.2) is 9.18 Å². The van der Waals surface area contributed by atoms with Gasteiger partial charge in [0.15, 0.2) is 0 Å². The van der Waals surface area contributed by atoms with Crippen LogP contribution in [0.5, 0.6) is 5.75 Å². The molecule has 3 rings (SSSR count). The minimum Gasteiger partial charge on any atom is -0.423 e. The van der Waals surface area contributed by atoms with E-state index in [4.69, 9.17) is 4.74 Å². The van der Waals surface area contributed by atoms with Gasteiger partial charge >= 0.3 is 5.97 Å². The van der Waals surface area contributed by atoms with Gasteiger partial charge in [-0.2, -0.15) is 0 Å². The van der Waals surface area contributed by atoms with Crippen molar-refractivity contribution < 1.29 is 13.9 Å². The zero-order valence-corrected chi connectivity index (χ0v) is 15.7. The Kier molecular flexibility index (Phi) is 6.80. The lowest BCUT2D eigenvalue weighted by Gasteiger charge is -2.28. The summed E-state index contributed by atoms with van der Waals surface area (Å²) in [4.78, 5) is 12.2. The number of esters is 1. The van der Waals surface area contributed by atoms with Crippen molar-refractivity contribution in [2.24, 2.45) is 5.92 Å². The van der Waals surface area contributed by atoms with Crippen LogP contribution in [0.25, 0.3) is 0 Å². The summed E-state index contributed by atoms with van der Waals surface area (Å²) in [7, 11) is 0. The maximum absolute atomic E-state index is 12.9. The van der Waals surface area contributed by atoms with Gasteiger partial charge in [-0.15, -0.1) is 6.58 Å². The smallest absolute Gasteiger partial charge is 0.343 e. The Bertz CT molecular complexity index is 741. The molecule has 142 valence electrons. The molecule has 0 amide bonds. The molecule has 1 aliphatic carbocycles. The fourth-order valence-corrected chi connectivity index (χ4v) is 3.90. The van der Waals surface area contributed by atoms with Crippen LogP contribution in [0.3, 0.4) is 0 Å². The van der Waals surface area contributed by atoms with E-state index in [1.165, 1.54) is 68.4 Å². The van der Waals surface area contributed by atoms with Crippen LogP contribution in [0.2, 0.25) is 0 Å². The average molecular weight is 366 g/mol. The van der Waals surface area contributed by atoms with E-state index in [-0.39, 0.29) is 5.82 Å². The monoisotopic (exact) mass is 366 g/mol. The molecule has 0 unspecified atom stereocenters. The predicted octanol–water partition coefficient (Wildman–Crippen LogP) is 6.68. The highest BCUT2D eigenvalue weighted by Crippen LogP contribution is 2.37. The van der Waals surface area contributed by atoms with Crippen LogP contribution in [0.4, 0.5) is 4.39 Å². The predicted molar refractivity (Wildman–Crippen MR) is 107 cm³/mol. The number of allylic oxidation sites excluding steroid dienone is 1. The molecule has 0 N–H and O–H groups in total. The second-order valence-corrected chi connectivity index (χ2v) is 7.40. The van der Waals surface area contributed by atoms with Crippen molar-refractivity contribution in [3.05, 3.63) is 78.1 Å². The maximum Gasteiger partial charge on any atom is 0.343 e. The Morgan fingerprint density at radius 2 is 1.70 bits per heavy atom. The molecular weight excluding hydrogens is 339 g/mol. The number of halogens is 1. The van der Waals surface area contributed by atoms with Crippen molar-refractivity contribution in [2.45, 2.75) is 50.9 Å². The first kappa shape index (κ1) is 19.3. The van der Waals surface area contributed by atoms with Crippen LogP contribution in [0.15, 0.2) is 61.2 Å². The number of benzene rings is 2. The molecule has 1 fully saturated rings. The summed E-state index contributed by atoms with van der Waals surface area (Å²) in [5, 5.41) is 0. The molecule has 2 aromatic carbocycles. The normalized spacial score (nSPS) is 19.4. The summed E-state index contributed by atoms with van der Waals surface area (Å²) < 4.78 is 18.2. The van der Waals surface area contributed by atoms with Gasteiger partial charge in [0.1, 0.15) is 11.6 Å². The van der Waals surface area contributed by atoms with Crippen molar-refractivity contribution in [3.63, 3.8) is 0 Å². The number of carbonyl (C=O) groups excluding carboxylic acids is 1. The lowest BCUT2D eigenvalue weighted by atomic mass is 9.77. The molecular formula is C24H27FO2. The standard InChI is InChI=1S/C24H27FO2/c1-2-3-4-5-18-6-8-19(9-7-18)20-10-12-21(13-11-20)24(26)27-23-16-14-22(25)15-17-23/h2,10-19H,1,3-9H2. The molecule has 0 aromatic heterocycles. The number of carbonyl (C=O) groups is 1. The van der Waals surface area contributed by atoms with Crippen molar-refractivity contribution in [1.29, 1.82) is 0 Å². The van der Waals surface area contributed by atoms with E-state index in [1.54, 1.807) is 0 Å². The Hall–Kier alpha value is -2.42. The summed E-state index contributed by atoms with van der Waals surface area (Å²) in [5.41, 5.74) is 1.82. The van der Waals surface area contributed by atoms with Crippen LogP contribution < -0.4 is 4.74 Å². The van der Waals surface area contributed by atoms with Crippen molar-refractivity contribution in [2.75, 3.05) is 0 Å². The van der Waals surface area contributed by atoms with E-state index in [0.717, 1.165) is 12.3 Å². The van der Waals surface area contributed by atoms with Gasteiger partial charge in [0.2, 0.25) is 0 Å². The Morgan fingerprint density at radius 3 is 2.33 bits per heavy atom. The molecule has 0 spiro atoms. The zero-order valence-electron chi connectivity index (χ0n) is 15.7. The SMILES string of the molecule is C=CCCCC1CCC(c2ccc(C(=O)Oc3ccc(F)cc3)cc2)CC1. The number of rotatable bonds is 7. The third-order valence-corrected chi connectivity index (χ3v) is 5.51. The molecule has 2 aromatic rings. The average Bonchev–Trinajstić information content (AvgIpc) is 2.70. The van der Waals surface area contributed by atoms with Crippen molar-refractivity contribution in [1.82, 2.24) is 0 Å². The highest BCUT2D eigenvalue weighted by atomic mass is 19.1. The van der Waals surface area contributed by atoms with Gasteiger partial charge in [0.25, 0.3) is 0 Å². The van der Waals surface area contributed by atoms with E-state index in [0.29, 0.717) is 17.2 Å². The number of hydrogen-bond acceptors (Lipinski definition) is 2. The van der Waals surface area contributed by atoms with Gasteiger partial charge in [-0.3, -0.25) is 0 Å². The lowest BCUT2D eigenvalue weighted by molar-refractivity contribution is 0.0734. The third-order valence-electron chi connectivity index (χ3n) is 5.51. The van der Waals surface area contributed by atoms with E-state index in [2.05, 4.69) is 6.58 Å². The molecule has 0 heterocycles. The fourth-order valence-electron chi connectivity index (χ4n) is 3.90. The molecule has 1 saturated carbocycles. The number of ether oxygens (including phenoxy) is 1. The molecule has 27 heavy (non-hydrogen) atoms. The fraction of sp³-hybridized carbons (Fsp3) is 0.375.